The van der Waals surface area contributed by atoms with Crippen LogP contribution in [0.5, 0.6) is 0 Å². The summed E-state index contributed by atoms with van der Waals surface area (Å²) < 4.78 is 0. The van der Waals surface area contributed by atoms with Gasteiger partial charge in [-0.1, -0.05) is 19.0 Å². The van der Waals surface area contributed by atoms with Gasteiger partial charge in [0, 0.05) is 18.3 Å². The summed E-state index contributed by atoms with van der Waals surface area (Å²) >= 11 is 0. The van der Waals surface area contributed by atoms with Gasteiger partial charge in [-0.15, -0.1) is 0 Å². The van der Waals surface area contributed by atoms with E-state index in [4.69, 9.17) is 10.9 Å². The van der Waals surface area contributed by atoms with Crippen molar-refractivity contribution in [1.82, 2.24) is 9.97 Å². The number of amidine groups is 1. The largest absolute Gasteiger partial charge is 0.409 e. The Kier molecular flexibility index (Phi) is 3.87. The smallest absolute Gasteiger partial charge is 0.226 e. The monoisotopic (exact) mass is 263 g/mol. The fraction of sp³-hybridized carbons (Fsp3) is 0.615. The highest BCUT2D eigenvalue weighted by atomic mass is 16.4. The van der Waals surface area contributed by atoms with Gasteiger partial charge in [-0.25, -0.2) is 9.97 Å². The maximum Gasteiger partial charge on any atom is 0.226 e. The Morgan fingerprint density at radius 1 is 1.53 bits per heavy atom. The van der Waals surface area contributed by atoms with Gasteiger partial charge in [-0.05, 0) is 31.7 Å². The van der Waals surface area contributed by atoms with Crippen molar-refractivity contribution in [1.29, 1.82) is 0 Å². The summed E-state index contributed by atoms with van der Waals surface area (Å²) in [4.78, 5) is 11.1. The predicted octanol–water partition coefficient (Wildman–Crippen LogP) is 1.50. The van der Waals surface area contributed by atoms with E-state index >= 15 is 0 Å². The van der Waals surface area contributed by atoms with E-state index in [1.54, 1.807) is 6.07 Å². The van der Waals surface area contributed by atoms with E-state index in [-0.39, 0.29) is 5.84 Å². The number of aromatic nitrogens is 2. The first-order valence-electron chi connectivity index (χ1n) is 6.61. The Bertz CT molecular complexity index is 482. The fourth-order valence-corrected chi connectivity index (χ4v) is 2.04. The second kappa shape index (κ2) is 5.42. The quantitative estimate of drug-likeness (QED) is 0.364. The lowest BCUT2D eigenvalue weighted by atomic mass is 10.2. The Labute approximate surface area is 113 Å². The van der Waals surface area contributed by atoms with Crippen molar-refractivity contribution in [3.8, 4) is 0 Å². The van der Waals surface area contributed by atoms with Crippen LogP contribution >= 0.6 is 0 Å². The molecule has 0 aromatic carbocycles. The van der Waals surface area contributed by atoms with Gasteiger partial charge in [0.25, 0.3) is 0 Å². The summed E-state index contributed by atoms with van der Waals surface area (Å²) in [5, 5.41) is 11.8. The lowest BCUT2D eigenvalue weighted by molar-refractivity contribution is 0.318. The van der Waals surface area contributed by atoms with Crippen molar-refractivity contribution < 1.29 is 5.21 Å². The summed E-state index contributed by atoms with van der Waals surface area (Å²) in [7, 11) is 0. The van der Waals surface area contributed by atoms with Gasteiger partial charge < -0.3 is 15.8 Å². The molecule has 1 aromatic heterocycles. The Balaban J connectivity index is 2.33. The molecule has 1 saturated carbocycles. The topological polar surface area (TPSA) is 87.6 Å². The summed E-state index contributed by atoms with van der Waals surface area (Å²) in [5.74, 6) is 1.24. The van der Waals surface area contributed by atoms with Gasteiger partial charge in [0.05, 0.1) is 0 Å². The van der Waals surface area contributed by atoms with Crippen LogP contribution in [0.15, 0.2) is 11.2 Å². The van der Waals surface area contributed by atoms with Gasteiger partial charge in [-0.3, -0.25) is 0 Å². The Morgan fingerprint density at radius 2 is 2.21 bits per heavy atom. The van der Waals surface area contributed by atoms with Crippen molar-refractivity contribution >= 4 is 11.8 Å². The lowest BCUT2D eigenvalue weighted by Gasteiger charge is -2.24. The molecule has 6 heteroatoms. The molecule has 1 aromatic rings. The Morgan fingerprint density at radius 3 is 2.74 bits per heavy atom. The summed E-state index contributed by atoms with van der Waals surface area (Å²) in [5.41, 5.74) is 6.91. The molecule has 19 heavy (non-hydrogen) atoms. The summed E-state index contributed by atoms with van der Waals surface area (Å²) in [6, 6.07) is 2.25. The highest BCUT2D eigenvalue weighted by Gasteiger charge is 2.31. The van der Waals surface area contributed by atoms with E-state index < -0.39 is 0 Å². The average molecular weight is 263 g/mol. The third kappa shape index (κ3) is 3.33. The van der Waals surface area contributed by atoms with Crippen LogP contribution in [0.25, 0.3) is 0 Å². The molecule has 0 spiro atoms. The van der Waals surface area contributed by atoms with Gasteiger partial charge in [0.15, 0.2) is 5.84 Å². The highest BCUT2D eigenvalue weighted by molar-refractivity contribution is 5.95. The van der Waals surface area contributed by atoms with Crippen LogP contribution in [0.3, 0.4) is 0 Å². The van der Waals surface area contributed by atoms with Crippen LogP contribution in [0.1, 0.15) is 38.1 Å². The molecule has 2 rings (SSSR count). The van der Waals surface area contributed by atoms with Crippen molar-refractivity contribution in [3.63, 3.8) is 0 Å². The van der Waals surface area contributed by atoms with Gasteiger partial charge in [-0.2, -0.15) is 0 Å². The molecular weight excluding hydrogens is 242 g/mol. The van der Waals surface area contributed by atoms with Crippen LogP contribution in [0.2, 0.25) is 0 Å². The zero-order chi connectivity index (χ0) is 14.0. The molecule has 6 nitrogen and oxygen atoms in total. The lowest BCUT2D eigenvalue weighted by Crippen LogP contribution is -2.32. The van der Waals surface area contributed by atoms with Crippen LogP contribution in [0, 0.1) is 12.8 Å². The number of nitrogens with two attached hydrogens (primary N) is 1. The third-order valence-electron chi connectivity index (χ3n) is 3.02. The number of oxime groups is 1. The summed E-state index contributed by atoms with van der Waals surface area (Å²) in [6.07, 6.45) is 2.37. The molecule has 3 N–H and O–H groups in total. The molecule has 0 saturated heterocycles. The predicted molar refractivity (Wildman–Crippen MR) is 74.5 cm³/mol. The molecule has 0 bridgehead atoms. The Hall–Kier alpha value is -1.85. The molecule has 1 heterocycles. The molecule has 1 aliphatic carbocycles. The number of hydrogen-bond donors (Lipinski definition) is 2. The zero-order valence-corrected chi connectivity index (χ0v) is 11.7. The van der Waals surface area contributed by atoms with Crippen molar-refractivity contribution in [2.24, 2.45) is 16.8 Å². The minimum Gasteiger partial charge on any atom is -0.409 e. The van der Waals surface area contributed by atoms with Crippen molar-refractivity contribution in [3.05, 3.63) is 17.5 Å². The number of aryl methyl sites for hydroxylation is 1. The summed E-state index contributed by atoms with van der Waals surface area (Å²) in [6.45, 7) is 7.16. The molecule has 1 fully saturated rings. The number of nitrogens with zero attached hydrogens (tertiary/aromatic N) is 4. The van der Waals surface area contributed by atoms with E-state index in [1.807, 2.05) is 6.92 Å². The highest BCUT2D eigenvalue weighted by Crippen LogP contribution is 2.30. The molecule has 0 aliphatic heterocycles. The molecule has 0 amide bonds. The van der Waals surface area contributed by atoms with Crippen LogP contribution in [0.4, 0.5) is 5.95 Å². The average Bonchev–Trinajstić information content (AvgIpc) is 3.18. The number of anilines is 1. The van der Waals surface area contributed by atoms with Gasteiger partial charge in [0.1, 0.15) is 5.69 Å². The van der Waals surface area contributed by atoms with E-state index in [9.17, 15) is 0 Å². The third-order valence-corrected chi connectivity index (χ3v) is 3.02. The second-order valence-electron chi connectivity index (χ2n) is 5.46. The first-order valence-corrected chi connectivity index (χ1v) is 6.61. The maximum absolute atomic E-state index is 8.76. The molecule has 0 atom stereocenters. The van der Waals surface area contributed by atoms with Gasteiger partial charge >= 0.3 is 0 Å². The first kappa shape index (κ1) is 13.6. The van der Waals surface area contributed by atoms with Crippen LogP contribution < -0.4 is 10.6 Å². The second-order valence-corrected chi connectivity index (χ2v) is 5.46. The fourth-order valence-electron chi connectivity index (χ4n) is 2.04. The molecule has 104 valence electrons. The molecule has 0 radical (unpaired) electrons. The van der Waals surface area contributed by atoms with E-state index in [0.29, 0.717) is 23.6 Å². The minimum atomic E-state index is 0.0204. The van der Waals surface area contributed by atoms with Crippen LogP contribution in [-0.2, 0) is 0 Å². The normalized spacial score (nSPS) is 15.9. The molecule has 0 unspecified atom stereocenters. The standard InChI is InChI=1S/C13H21N5O/c1-8(2)7-18(10-4-5-10)13-15-9(3)6-11(16-13)12(14)17-19/h6,8,10,19H,4-5,7H2,1-3H3,(H2,14,17). The maximum atomic E-state index is 8.76. The van der Waals surface area contributed by atoms with Crippen molar-refractivity contribution in [2.45, 2.75) is 39.7 Å². The number of hydrogen-bond acceptors (Lipinski definition) is 5. The minimum absolute atomic E-state index is 0.0204. The van der Waals surface area contributed by atoms with Crippen molar-refractivity contribution in [2.75, 3.05) is 11.4 Å². The van der Waals surface area contributed by atoms with Crippen LogP contribution in [-0.4, -0.2) is 33.6 Å². The van der Waals surface area contributed by atoms with E-state index in [0.717, 1.165) is 12.2 Å². The van der Waals surface area contributed by atoms with Gasteiger partial charge in [0.2, 0.25) is 5.95 Å². The molecular formula is C13H21N5O. The van der Waals surface area contributed by atoms with E-state index in [1.165, 1.54) is 12.8 Å². The number of rotatable bonds is 5. The molecule has 1 aliphatic rings. The first-order chi connectivity index (χ1) is 9.01. The SMILES string of the molecule is Cc1cc(/C(N)=N/O)nc(N(CC(C)C)C2CC2)n1. The zero-order valence-electron chi connectivity index (χ0n) is 11.7. The van der Waals surface area contributed by atoms with E-state index in [2.05, 4.69) is 33.9 Å².